The number of carbonyl (C=O) groups is 3. The zero-order chi connectivity index (χ0) is 23.5. The van der Waals surface area contributed by atoms with Crippen molar-refractivity contribution >= 4 is 23.5 Å². The van der Waals surface area contributed by atoms with E-state index < -0.39 is 34.7 Å². The molecule has 32 heavy (non-hydrogen) atoms. The zero-order valence-corrected chi connectivity index (χ0v) is 17.7. The molecule has 2 atom stereocenters. The third kappa shape index (κ3) is 7.17. The molecule has 0 aliphatic rings. The molecule has 0 bridgehead atoms. The van der Waals surface area contributed by atoms with Gasteiger partial charge in [0.05, 0.1) is 32.2 Å². The number of rotatable bonds is 11. The second kappa shape index (κ2) is 12.2. The molecule has 1 N–H and O–H groups in total. The Morgan fingerprint density at radius 3 is 2.22 bits per heavy atom. The molecule has 0 spiro atoms. The fraction of sp³-hybridized carbons (Fsp3) is 0.318. The molecule has 0 heterocycles. The largest absolute Gasteiger partial charge is 0.469 e. The molecule has 1 amide bonds. The lowest BCUT2D eigenvalue weighted by Gasteiger charge is -2.25. The summed E-state index contributed by atoms with van der Waals surface area (Å²) in [5.41, 5.74) is 1.14. The van der Waals surface area contributed by atoms with Gasteiger partial charge in [0.2, 0.25) is 5.91 Å². The second-order valence-corrected chi connectivity index (χ2v) is 6.78. The molecule has 0 fully saturated rings. The molecule has 2 rings (SSSR count). The number of hydrogen-bond acceptors (Lipinski definition) is 8. The molecule has 0 aliphatic carbocycles. The van der Waals surface area contributed by atoms with Crippen LogP contribution in [0.1, 0.15) is 23.5 Å². The third-order valence-electron chi connectivity index (χ3n) is 4.66. The van der Waals surface area contributed by atoms with E-state index in [4.69, 9.17) is 14.2 Å². The SMILES string of the molecule is COC(=O)C[C@@H](c1ccc([N+](=O)[O-])cc1)[C@@H](NC(=O)COCc1ccccc1)C(=O)OC. The maximum atomic E-state index is 12.5. The number of benzene rings is 2. The van der Waals surface area contributed by atoms with Gasteiger partial charge in [0.25, 0.3) is 5.69 Å². The minimum Gasteiger partial charge on any atom is -0.469 e. The molecule has 0 saturated carbocycles. The predicted molar refractivity (Wildman–Crippen MR) is 113 cm³/mol. The van der Waals surface area contributed by atoms with Crippen molar-refractivity contribution in [1.29, 1.82) is 0 Å². The quantitative estimate of drug-likeness (QED) is 0.316. The van der Waals surface area contributed by atoms with E-state index in [-0.39, 0.29) is 25.3 Å². The number of nitrogens with one attached hydrogen (secondary N) is 1. The summed E-state index contributed by atoms with van der Waals surface area (Å²) in [5, 5.41) is 13.5. The standard InChI is InChI=1S/C22H24N2O8/c1-30-20(26)12-18(16-8-10-17(11-9-16)24(28)29)21(22(27)31-2)23-19(25)14-32-13-15-6-4-3-5-7-15/h3-11,18,21H,12-14H2,1-2H3,(H,23,25)/t18-,21+/m0/s1. The van der Waals surface area contributed by atoms with Gasteiger partial charge in [-0.3, -0.25) is 19.7 Å². The molecule has 10 heteroatoms. The van der Waals surface area contributed by atoms with Gasteiger partial charge in [0, 0.05) is 18.1 Å². The summed E-state index contributed by atoms with van der Waals surface area (Å²) in [6.45, 7) is -0.126. The first kappa shape index (κ1) is 24.5. The molecule has 0 radical (unpaired) electrons. The van der Waals surface area contributed by atoms with E-state index in [9.17, 15) is 24.5 Å². The van der Waals surface area contributed by atoms with Crippen molar-refractivity contribution in [2.24, 2.45) is 0 Å². The Kier molecular flexibility index (Phi) is 9.30. The van der Waals surface area contributed by atoms with Crippen molar-refractivity contribution in [2.45, 2.75) is 25.0 Å². The molecular formula is C22H24N2O8. The molecular weight excluding hydrogens is 420 g/mol. The van der Waals surface area contributed by atoms with E-state index in [2.05, 4.69) is 5.32 Å². The van der Waals surface area contributed by atoms with Crippen LogP contribution in [0.25, 0.3) is 0 Å². The topological polar surface area (TPSA) is 134 Å². The van der Waals surface area contributed by atoms with Crippen LogP contribution in [-0.2, 0) is 35.2 Å². The van der Waals surface area contributed by atoms with Gasteiger partial charge in [0.1, 0.15) is 12.6 Å². The lowest BCUT2D eigenvalue weighted by molar-refractivity contribution is -0.384. The first-order valence-electron chi connectivity index (χ1n) is 9.65. The molecule has 0 unspecified atom stereocenters. The van der Waals surface area contributed by atoms with Gasteiger partial charge >= 0.3 is 11.9 Å². The molecule has 2 aromatic carbocycles. The zero-order valence-electron chi connectivity index (χ0n) is 17.7. The summed E-state index contributed by atoms with van der Waals surface area (Å²) in [6, 6.07) is 13.3. The fourth-order valence-electron chi connectivity index (χ4n) is 3.04. The van der Waals surface area contributed by atoms with Gasteiger partial charge in [-0.1, -0.05) is 42.5 Å². The Labute approximate surface area is 184 Å². The Morgan fingerprint density at radius 1 is 1.00 bits per heavy atom. The molecule has 2 aromatic rings. The molecule has 0 aliphatic heterocycles. The number of ether oxygens (including phenoxy) is 3. The number of hydrogen-bond donors (Lipinski definition) is 1. The van der Waals surface area contributed by atoms with Gasteiger partial charge in [-0.05, 0) is 11.1 Å². The van der Waals surface area contributed by atoms with E-state index in [0.29, 0.717) is 5.56 Å². The Hall–Kier alpha value is -3.79. The lowest BCUT2D eigenvalue weighted by Crippen LogP contribution is -2.47. The number of nitro groups is 1. The minimum absolute atomic E-state index is 0.154. The first-order valence-corrected chi connectivity index (χ1v) is 9.65. The highest BCUT2D eigenvalue weighted by molar-refractivity contribution is 5.86. The number of methoxy groups -OCH3 is 2. The van der Waals surface area contributed by atoms with E-state index in [1.165, 1.54) is 31.4 Å². The van der Waals surface area contributed by atoms with Gasteiger partial charge in [-0.15, -0.1) is 0 Å². The number of amides is 1. The van der Waals surface area contributed by atoms with Gasteiger partial charge in [-0.2, -0.15) is 0 Å². The lowest BCUT2D eigenvalue weighted by atomic mass is 9.88. The van der Waals surface area contributed by atoms with Crippen LogP contribution in [-0.4, -0.2) is 49.6 Å². The summed E-state index contributed by atoms with van der Waals surface area (Å²) in [7, 11) is 2.34. The van der Waals surface area contributed by atoms with Crippen molar-refractivity contribution in [3.8, 4) is 0 Å². The normalized spacial score (nSPS) is 12.3. The summed E-state index contributed by atoms with van der Waals surface area (Å²) >= 11 is 0. The van der Waals surface area contributed by atoms with Crippen molar-refractivity contribution in [3.05, 3.63) is 75.8 Å². The number of esters is 2. The number of nitrogens with zero attached hydrogens (tertiary/aromatic N) is 1. The van der Waals surface area contributed by atoms with Crippen molar-refractivity contribution < 1.29 is 33.5 Å². The molecule has 10 nitrogen and oxygen atoms in total. The Balaban J connectivity index is 2.17. The van der Waals surface area contributed by atoms with Crippen molar-refractivity contribution in [2.75, 3.05) is 20.8 Å². The van der Waals surface area contributed by atoms with Crippen LogP contribution in [0, 0.1) is 10.1 Å². The summed E-state index contributed by atoms with van der Waals surface area (Å²) < 4.78 is 14.9. The van der Waals surface area contributed by atoms with Gasteiger partial charge < -0.3 is 19.5 Å². The summed E-state index contributed by atoms with van der Waals surface area (Å²) in [4.78, 5) is 47.3. The van der Waals surface area contributed by atoms with Gasteiger partial charge in [0.15, 0.2) is 0 Å². The monoisotopic (exact) mass is 444 g/mol. The van der Waals surface area contributed by atoms with E-state index in [0.717, 1.165) is 12.7 Å². The van der Waals surface area contributed by atoms with Crippen LogP contribution in [0.5, 0.6) is 0 Å². The highest BCUT2D eigenvalue weighted by Crippen LogP contribution is 2.27. The first-order chi connectivity index (χ1) is 15.3. The molecule has 170 valence electrons. The summed E-state index contributed by atoms with van der Waals surface area (Å²) in [6.07, 6.45) is -0.265. The van der Waals surface area contributed by atoms with Crippen LogP contribution in [0.4, 0.5) is 5.69 Å². The van der Waals surface area contributed by atoms with Crippen LogP contribution >= 0.6 is 0 Å². The smallest absolute Gasteiger partial charge is 0.329 e. The van der Waals surface area contributed by atoms with Crippen molar-refractivity contribution in [3.63, 3.8) is 0 Å². The predicted octanol–water partition coefficient (Wildman–Crippen LogP) is 2.12. The van der Waals surface area contributed by atoms with E-state index in [1.807, 2.05) is 30.3 Å². The van der Waals surface area contributed by atoms with Gasteiger partial charge in [-0.25, -0.2) is 4.79 Å². The second-order valence-electron chi connectivity index (χ2n) is 6.78. The fourth-order valence-corrected chi connectivity index (χ4v) is 3.04. The Bertz CT molecular complexity index is 931. The summed E-state index contributed by atoms with van der Waals surface area (Å²) in [5.74, 6) is -2.88. The highest BCUT2D eigenvalue weighted by atomic mass is 16.6. The van der Waals surface area contributed by atoms with Crippen LogP contribution < -0.4 is 5.32 Å². The number of carbonyl (C=O) groups excluding carboxylic acids is 3. The maximum absolute atomic E-state index is 12.5. The number of nitro benzene ring substituents is 1. The van der Waals surface area contributed by atoms with E-state index >= 15 is 0 Å². The van der Waals surface area contributed by atoms with E-state index in [1.54, 1.807) is 0 Å². The molecule has 0 aromatic heterocycles. The maximum Gasteiger partial charge on any atom is 0.329 e. The van der Waals surface area contributed by atoms with Crippen LogP contribution in [0.3, 0.4) is 0 Å². The minimum atomic E-state index is -1.24. The highest BCUT2D eigenvalue weighted by Gasteiger charge is 2.34. The van der Waals surface area contributed by atoms with Crippen LogP contribution in [0.15, 0.2) is 54.6 Å². The number of non-ortho nitro benzene ring substituents is 1. The Morgan fingerprint density at radius 2 is 1.66 bits per heavy atom. The third-order valence-corrected chi connectivity index (χ3v) is 4.66. The average molecular weight is 444 g/mol. The molecule has 0 saturated heterocycles. The van der Waals surface area contributed by atoms with Crippen molar-refractivity contribution in [1.82, 2.24) is 5.32 Å². The van der Waals surface area contributed by atoms with Crippen LogP contribution in [0.2, 0.25) is 0 Å². The average Bonchev–Trinajstić information content (AvgIpc) is 2.81.